The fraction of sp³-hybridized carbons (Fsp3) is 0.400. The number of amides is 2. The number of nitriles is 1. The summed E-state index contributed by atoms with van der Waals surface area (Å²) in [5.74, 6) is 0.151. The van der Waals surface area contributed by atoms with Crippen LogP contribution in [0.25, 0.3) is 0 Å². The van der Waals surface area contributed by atoms with Crippen LogP contribution in [0.1, 0.15) is 13.3 Å². The van der Waals surface area contributed by atoms with Crippen LogP contribution >= 0.6 is 0 Å². The highest BCUT2D eigenvalue weighted by Gasteiger charge is 2.33. The van der Waals surface area contributed by atoms with Crippen molar-refractivity contribution in [3.05, 3.63) is 24.3 Å². The number of nitrogens with one attached hydrogen (secondary N) is 1. The Morgan fingerprint density at radius 2 is 2.19 bits per heavy atom. The van der Waals surface area contributed by atoms with Crippen LogP contribution in [0.5, 0.6) is 5.75 Å². The van der Waals surface area contributed by atoms with Gasteiger partial charge >= 0.3 is 0 Å². The van der Waals surface area contributed by atoms with Gasteiger partial charge in [-0.25, -0.2) is 0 Å². The molecule has 21 heavy (non-hydrogen) atoms. The van der Waals surface area contributed by atoms with Crippen molar-refractivity contribution in [3.63, 3.8) is 0 Å². The Morgan fingerprint density at radius 3 is 2.76 bits per heavy atom. The third-order valence-electron chi connectivity index (χ3n) is 3.39. The molecule has 0 unspecified atom stereocenters. The van der Waals surface area contributed by atoms with Gasteiger partial charge in [-0.2, -0.15) is 5.26 Å². The number of hydrogen-bond acceptors (Lipinski definition) is 4. The summed E-state index contributed by atoms with van der Waals surface area (Å²) in [7, 11) is 0. The molecule has 2 rings (SSSR count). The molecule has 1 aromatic rings. The van der Waals surface area contributed by atoms with E-state index >= 15 is 0 Å². The quantitative estimate of drug-likeness (QED) is 0.887. The summed E-state index contributed by atoms with van der Waals surface area (Å²) in [6.45, 7) is 3.00. The van der Waals surface area contributed by atoms with E-state index in [1.807, 2.05) is 13.0 Å². The Hall–Kier alpha value is -2.55. The van der Waals surface area contributed by atoms with Crippen molar-refractivity contribution in [2.75, 3.05) is 25.0 Å². The SMILES string of the molecule is CCN1C[C@H](C(=O)Nc2ccc(OCC#N)cc2)CC1=O. The minimum atomic E-state index is -0.299. The van der Waals surface area contributed by atoms with Crippen LogP contribution in [0.3, 0.4) is 0 Å². The fourth-order valence-corrected chi connectivity index (χ4v) is 2.25. The van der Waals surface area contributed by atoms with E-state index in [1.165, 1.54) is 0 Å². The topological polar surface area (TPSA) is 82.4 Å². The van der Waals surface area contributed by atoms with Crippen LogP contribution in [0.2, 0.25) is 0 Å². The van der Waals surface area contributed by atoms with Crippen LogP contribution in [-0.4, -0.2) is 36.4 Å². The van der Waals surface area contributed by atoms with Crippen molar-refractivity contribution in [2.45, 2.75) is 13.3 Å². The molecule has 0 spiro atoms. The molecule has 0 bridgehead atoms. The van der Waals surface area contributed by atoms with Crippen LogP contribution in [-0.2, 0) is 9.59 Å². The summed E-state index contributed by atoms with van der Waals surface area (Å²) in [5, 5.41) is 11.2. The molecule has 1 aromatic carbocycles. The van der Waals surface area contributed by atoms with E-state index in [1.54, 1.807) is 29.2 Å². The molecule has 110 valence electrons. The molecule has 1 atom stereocenters. The second kappa shape index (κ2) is 6.75. The Labute approximate surface area is 123 Å². The lowest BCUT2D eigenvalue weighted by Gasteiger charge is -2.13. The number of rotatable bonds is 5. The van der Waals surface area contributed by atoms with E-state index in [0.29, 0.717) is 24.5 Å². The zero-order valence-electron chi connectivity index (χ0n) is 11.8. The molecule has 1 N–H and O–H groups in total. The smallest absolute Gasteiger partial charge is 0.229 e. The molecule has 0 saturated carbocycles. The summed E-state index contributed by atoms with van der Waals surface area (Å²) in [5.41, 5.74) is 0.645. The van der Waals surface area contributed by atoms with Gasteiger partial charge in [0.05, 0.1) is 5.92 Å². The Balaban J connectivity index is 1.91. The molecule has 1 heterocycles. The number of hydrogen-bond donors (Lipinski definition) is 1. The first-order valence-electron chi connectivity index (χ1n) is 6.82. The van der Waals surface area contributed by atoms with Gasteiger partial charge in [-0.15, -0.1) is 0 Å². The molecular formula is C15H17N3O3. The van der Waals surface area contributed by atoms with Crippen molar-refractivity contribution in [1.82, 2.24) is 4.90 Å². The van der Waals surface area contributed by atoms with Gasteiger partial charge in [0.1, 0.15) is 11.8 Å². The number of carbonyl (C=O) groups excluding carboxylic acids is 2. The molecule has 1 aliphatic rings. The summed E-state index contributed by atoms with van der Waals surface area (Å²) in [6.07, 6.45) is 0.267. The van der Waals surface area contributed by atoms with E-state index < -0.39 is 0 Å². The maximum atomic E-state index is 12.1. The molecule has 6 nitrogen and oxygen atoms in total. The van der Waals surface area contributed by atoms with Crippen LogP contribution in [0, 0.1) is 17.2 Å². The van der Waals surface area contributed by atoms with E-state index in [9.17, 15) is 9.59 Å². The van der Waals surface area contributed by atoms with Crippen LogP contribution in [0.15, 0.2) is 24.3 Å². The summed E-state index contributed by atoms with van der Waals surface area (Å²) in [6, 6.07) is 8.67. The average molecular weight is 287 g/mol. The first-order valence-corrected chi connectivity index (χ1v) is 6.82. The predicted octanol–water partition coefficient (Wildman–Crippen LogP) is 1.40. The highest BCUT2D eigenvalue weighted by molar-refractivity contribution is 5.97. The third-order valence-corrected chi connectivity index (χ3v) is 3.39. The van der Waals surface area contributed by atoms with E-state index in [-0.39, 0.29) is 30.8 Å². The van der Waals surface area contributed by atoms with Crippen LogP contribution in [0.4, 0.5) is 5.69 Å². The lowest BCUT2D eigenvalue weighted by molar-refractivity contribution is -0.128. The number of benzene rings is 1. The van der Waals surface area contributed by atoms with Crippen molar-refractivity contribution in [1.29, 1.82) is 5.26 Å². The number of ether oxygens (including phenoxy) is 1. The zero-order chi connectivity index (χ0) is 15.2. The second-order valence-corrected chi connectivity index (χ2v) is 4.79. The molecule has 1 fully saturated rings. The van der Waals surface area contributed by atoms with Crippen LogP contribution < -0.4 is 10.1 Å². The molecule has 0 aromatic heterocycles. The highest BCUT2D eigenvalue weighted by Crippen LogP contribution is 2.21. The maximum Gasteiger partial charge on any atom is 0.229 e. The largest absolute Gasteiger partial charge is 0.479 e. The van der Waals surface area contributed by atoms with Crippen molar-refractivity contribution in [2.24, 2.45) is 5.92 Å². The third kappa shape index (κ3) is 3.72. The monoisotopic (exact) mass is 287 g/mol. The number of carbonyl (C=O) groups is 2. The van der Waals surface area contributed by atoms with Gasteiger partial charge in [-0.3, -0.25) is 9.59 Å². The lowest BCUT2D eigenvalue weighted by atomic mass is 10.1. The van der Waals surface area contributed by atoms with Gasteiger partial charge in [0.15, 0.2) is 6.61 Å². The average Bonchev–Trinajstić information content (AvgIpc) is 2.88. The molecule has 1 saturated heterocycles. The number of likely N-dealkylation sites (tertiary alicyclic amines) is 1. The van der Waals surface area contributed by atoms with Gasteiger partial charge < -0.3 is 15.0 Å². The van der Waals surface area contributed by atoms with Gasteiger partial charge in [0, 0.05) is 25.2 Å². The molecule has 0 radical (unpaired) electrons. The Bertz CT molecular complexity index is 563. The fourth-order valence-electron chi connectivity index (χ4n) is 2.25. The van der Waals surface area contributed by atoms with Gasteiger partial charge in [0.25, 0.3) is 0 Å². The first-order chi connectivity index (χ1) is 10.1. The normalized spacial score (nSPS) is 17.4. The van der Waals surface area contributed by atoms with Gasteiger partial charge in [-0.1, -0.05) is 0 Å². The minimum absolute atomic E-state index is 0.0112. The van der Waals surface area contributed by atoms with E-state index in [4.69, 9.17) is 10.00 Å². The van der Waals surface area contributed by atoms with Crippen molar-refractivity contribution < 1.29 is 14.3 Å². The molecular weight excluding hydrogens is 270 g/mol. The predicted molar refractivity (Wildman–Crippen MR) is 76.5 cm³/mol. The van der Waals surface area contributed by atoms with Gasteiger partial charge in [-0.05, 0) is 31.2 Å². The van der Waals surface area contributed by atoms with Crippen molar-refractivity contribution in [3.8, 4) is 11.8 Å². The summed E-state index contributed by atoms with van der Waals surface area (Å²) < 4.78 is 5.13. The van der Waals surface area contributed by atoms with E-state index in [2.05, 4.69) is 5.32 Å². The number of anilines is 1. The number of nitrogens with zero attached hydrogens (tertiary/aromatic N) is 2. The standard InChI is InChI=1S/C15H17N3O3/c1-2-18-10-11(9-14(18)19)15(20)17-12-3-5-13(6-4-12)21-8-7-16/h3-6,11H,2,8-10H2,1H3,(H,17,20)/t11-/m1/s1. The summed E-state index contributed by atoms with van der Waals surface area (Å²) >= 11 is 0. The Kier molecular flexibility index (Phi) is 4.77. The molecule has 6 heteroatoms. The summed E-state index contributed by atoms with van der Waals surface area (Å²) in [4.78, 5) is 25.4. The maximum absolute atomic E-state index is 12.1. The zero-order valence-corrected chi connectivity index (χ0v) is 11.8. The van der Waals surface area contributed by atoms with E-state index in [0.717, 1.165) is 0 Å². The molecule has 1 aliphatic heterocycles. The minimum Gasteiger partial charge on any atom is -0.479 e. The Morgan fingerprint density at radius 1 is 1.48 bits per heavy atom. The van der Waals surface area contributed by atoms with Crippen molar-refractivity contribution >= 4 is 17.5 Å². The molecule has 2 amide bonds. The lowest BCUT2D eigenvalue weighted by Crippen LogP contribution is -2.28. The van der Waals surface area contributed by atoms with Gasteiger partial charge in [0.2, 0.25) is 11.8 Å². The highest BCUT2D eigenvalue weighted by atomic mass is 16.5. The second-order valence-electron chi connectivity index (χ2n) is 4.79. The first kappa shape index (κ1) is 14.9. The molecule has 0 aliphatic carbocycles.